The van der Waals surface area contributed by atoms with Crippen molar-refractivity contribution in [3.05, 3.63) is 48.0 Å². The molecule has 1 heterocycles. The molecule has 2 aromatic carbocycles. The molecular formula is C15H12BF3N2O4. The van der Waals surface area contributed by atoms with Crippen LogP contribution in [0.5, 0.6) is 5.75 Å². The first-order valence-electron chi connectivity index (χ1n) is 7.16. The van der Waals surface area contributed by atoms with Crippen LogP contribution in [-0.4, -0.2) is 24.5 Å². The van der Waals surface area contributed by atoms with Crippen molar-refractivity contribution in [2.24, 2.45) is 0 Å². The van der Waals surface area contributed by atoms with E-state index < -0.39 is 19.5 Å². The smallest absolute Gasteiger partial charge is 0.423 e. The van der Waals surface area contributed by atoms with Crippen molar-refractivity contribution in [3.8, 4) is 5.75 Å². The molecule has 0 aliphatic carbocycles. The van der Waals surface area contributed by atoms with E-state index in [1.807, 2.05) is 0 Å². The minimum absolute atomic E-state index is 0.288. The number of fused-ring (bicyclic) bond motifs is 1. The number of amides is 2. The van der Waals surface area contributed by atoms with Crippen LogP contribution in [0, 0.1) is 0 Å². The molecule has 1 aliphatic rings. The molecule has 10 heteroatoms. The van der Waals surface area contributed by atoms with Crippen LogP contribution in [0.2, 0.25) is 0 Å². The molecule has 0 atom stereocenters. The minimum Gasteiger partial charge on any atom is -0.423 e. The van der Waals surface area contributed by atoms with Crippen LogP contribution in [0.3, 0.4) is 0 Å². The maximum atomic E-state index is 12.1. The summed E-state index contributed by atoms with van der Waals surface area (Å²) in [5.74, 6) is -0.383. The molecule has 25 heavy (non-hydrogen) atoms. The predicted molar refractivity (Wildman–Crippen MR) is 84.6 cm³/mol. The average Bonchev–Trinajstić information content (AvgIpc) is 2.89. The van der Waals surface area contributed by atoms with E-state index in [9.17, 15) is 23.0 Å². The number of benzene rings is 2. The number of hydrogen-bond donors (Lipinski definition) is 3. The molecule has 0 fully saturated rings. The number of carbonyl (C=O) groups excluding carboxylic acids is 1. The van der Waals surface area contributed by atoms with E-state index in [1.165, 1.54) is 12.1 Å². The molecule has 0 saturated carbocycles. The standard InChI is InChI=1S/C15H12BF3N2O4/c17-15(18,19)25-12-5-3-10(4-6-12)20-14(22)21-11-2-1-9-8-24-16(23)13(9)7-11/h1-7,23H,8H2,(H2,20,21,22). The van der Waals surface area contributed by atoms with E-state index in [0.717, 1.165) is 17.7 Å². The summed E-state index contributed by atoms with van der Waals surface area (Å²) in [4.78, 5) is 12.0. The fourth-order valence-corrected chi connectivity index (χ4v) is 2.33. The van der Waals surface area contributed by atoms with Gasteiger partial charge in [0.25, 0.3) is 0 Å². The highest BCUT2D eigenvalue weighted by Crippen LogP contribution is 2.24. The van der Waals surface area contributed by atoms with Crippen molar-refractivity contribution in [1.82, 2.24) is 0 Å². The number of alkyl halides is 3. The van der Waals surface area contributed by atoms with Crippen LogP contribution in [0.4, 0.5) is 29.3 Å². The third-order valence-corrected chi connectivity index (χ3v) is 3.41. The van der Waals surface area contributed by atoms with Gasteiger partial charge < -0.3 is 25.0 Å². The molecule has 2 aromatic rings. The Balaban J connectivity index is 1.60. The molecule has 3 N–H and O–H groups in total. The molecule has 3 rings (SSSR count). The van der Waals surface area contributed by atoms with Gasteiger partial charge in [-0.25, -0.2) is 4.79 Å². The lowest BCUT2D eigenvalue weighted by molar-refractivity contribution is -0.274. The van der Waals surface area contributed by atoms with E-state index in [4.69, 9.17) is 4.65 Å². The van der Waals surface area contributed by atoms with Gasteiger partial charge in [0.05, 0.1) is 6.61 Å². The number of rotatable bonds is 3. The van der Waals surface area contributed by atoms with Gasteiger partial charge in [-0.2, -0.15) is 0 Å². The second-order valence-corrected chi connectivity index (χ2v) is 5.23. The van der Waals surface area contributed by atoms with Crippen LogP contribution < -0.4 is 20.8 Å². The zero-order valence-electron chi connectivity index (χ0n) is 12.6. The van der Waals surface area contributed by atoms with Crippen LogP contribution in [0.15, 0.2) is 42.5 Å². The van der Waals surface area contributed by atoms with Crippen molar-refractivity contribution in [3.63, 3.8) is 0 Å². The van der Waals surface area contributed by atoms with E-state index in [-0.39, 0.29) is 11.4 Å². The number of anilines is 2. The van der Waals surface area contributed by atoms with Gasteiger partial charge in [0.2, 0.25) is 0 Å². The van der Waals surface area contributed by atoms with Crippen LogP contribution in [0.1, 0.15) is 5.56 Å². The van der Waals surface area contributed by atoms with Crippen molar-refractivity contribution in [1.29, 1.82) is 0 Å². The summed E-state index contributed by atoms with van der Waals surface area (Å²) in [5.41, 5.74) is 2.14. The number of carbonyl (C=O) groups is 1. The lowest BCUT2D eigenvalue weighted by Crippen LogP contribution is -2.29. The topological polar surface area (TPSA) is 79.8 Å². The highest BCUT2D eigenvalue weighted by Gasteiger charge is 2.31. The fourth-order valence-electron chi connectivity index (χ4n) is 2.33. The molecule has 130 valence electrons. The van der Waals surface area contributed by atoms with Crippen molar-refractivity contribution >= 4 is 30.0 Å². The van der Waals surface area contributed by atoms with Gasteiger partial charge in [-0.1, -0.05) is 6.07 Å². The summed E-state index contributed by atoms with van der Waals surface area (Å²) in [6.45, 7) is 0.301. The van der Waals surface area contributed by atoms with E-state index in [2.05, 4.69) is 15.4 Å². The van der Waals surface area contributed by atoms with Gasteiger partial charge in [-0.15, -0.1) is 13.2 Å². The molecule has 0 spiro atoms. The highest BCUT2D eigenvalue weighted by atomic mass is 19.4. The molecule has 0 saturated heterocycles. The van der Waals surface area contributed by atoms with Gasteiger partial charge in [0.1, 0.15) is 5.75 Å². The van der Waals surface area contributed by atoms with Gasteiger partial charge in [0, 0.05) is 11.4 Å². The Bertz CT molecular complexity index is 783. The van der Waals surface area contributed by atoms with Crippen molar-refractivity contribution < 1.29 is 32.4 Å². The number of halogens is 3. The van der Waals surface area contributed by atoms with E-state index in [0.29, 0.717) is 17.8 Å². The van der Waals surface area contributed by atoms with E-state index in [1.54, 1.807) is 18.2 Å². The van der Waals surface area contributed by atoms with Crippen molar-refractivity contribution in [2.45, 2.75) is 13.0 Å². The molecule has 0 unspecified atom stereocenters. The zero-order chi connectivity index (χ0) is 18.0. The molecule has 0 aromatic heterocycles. The lowest BCUT2D eigenvalue weighted by atomic mass is 9.79. The Hall–Kier alpha value is -2.72. The molecule has 0 bridgehead atoms. The Labute approximate surface area is 140 Å². The highest BCUT2D eigenvalue weighted by molar-refractivity contribution is 6.61. The first-order valence-corrected chi connectivity index (χ1v) is 7.16. The summed E-state index contributed by atoms with van der Waals surface area (Å²) in [7, 11) is -1.03. The van der Waals surface area contributed by atoms with Gasteiger partial charge in [-0.05, 0) is 47.4 Å². The normalized spacial score (nSPS) is 13.4. The number of nitrogens with one attached hydrogen (secondary N) is 2. The molecule has 0 radical (unpaired) electrons. The molecular weight excluding hydrogens is 340 g/mol. The second kappa shape index (κ2) is 6.65. The van der Waals surface area contributed by atoms with Gasteiger partial charge >= 0.3 is 19.5 Å². The monoisotopic (exact) mass is 352 g/mol. The quantitative estimate of drug-likeness (QED) is 0.742. The fraction of sp³-hybridized carbons (Fsp3) is 0.133. The summed E-state index contributed by atoms with van der Waals surface area (Å²) >= 11 is 0. The largest absolute Gasteiger partial charge is 0.573 e. The summed E-state index contributed by atoms with van der Waals surface area (Å²) in [6, 6.07) is 9.12. The van der Waals surface area contributed by atoms with E-state index >= 15 is 0 Å². The summed E-state index contributed by atoms with van der Waals surface area (Å²) in [5, 5.41) is 14.7. The maximum Gasteiger partial charge on any atom is 0.573 e. The maximum absolute atomic E-state index is 12.1. The minimum atomic E-state index is -4.77. The van der Waals surface area contributed by atoms with Crippen LogP contribution in [0.25, 0.3) is 0 Å². The average molecular weight is 352 g/mol. The van der Waals surface area contributed by atoms with Crippen LogP contribution in [-0.2, 0) is 11.3 Å². The predicted octanol–water partition coefficient (Wildman–Crippen LogP) is 2.45. The Morgan fingerprint density at radius 1 is 1.12 bits per heavy atom. The van der Waals surface area contributed by atoms with Gasteiger partial charge in [0.15, 0.2) is 0 Å². The zero-order valence-corrected chi connectivity index (χ0v) is 12.6. The Morgan fingerprint density at radius 3 is 2.44 bits per heavy atom. The Morgan fingerprint density at radius 2 is 1.76 bits per heavy atom. The molecule has 1 aliphatic heterocycles. The number of urea groups is 1. The lowest BCUT2D eigenvalue weighted by Gasteiger charge is -2.11. The van der Waals surface area contributed by atoms with Gasteiger partial charge in [-0.3, -0.25) is 0 Å². The van der Waals surface area contributed by atoms with Crippen molar-refractivity contribution in [2.75, 3.05) is 10.6 Å². The Kier molecular flexibility index (Phi) is 4.56. The first kappa shape index (κ1) is 17.1. The number of ether oxygens (including phenoxy) is 1. The van der Waals surface area contributed by atoms with Crippen LogP contribution >= 0.6 is 0 Å². The first-order chi connectivity index (χ1) is 11.8. The summed E-state index contributed by atoms with van der Waals surface area (Å²) < 4.78 is 45.1. The third-order valence-electron chi connectivity index (χ3n) is 3.41. The summed E-state index contributed by atoms with van der Waals surface area (Å²) in [6.07, 6.45) is -4.77. The number of hydrogen-bond acceptors (Lipinski definition) is 4. The second-order valence-electron chi connectivity index (χ2n) is 5.23. The third kappa shape index (κ3) is 4.43. The molecule has 2 amide bonds. The SMILES string of the molecule is O=C(Nc1ccc(OC(F)(F)F)cc1)Nc1ccc2c(c1)B(O)OC2. The molecule has 6 nitrogen and oxygen atoms in total.